The zero-order valence-electron chi connectivity index (χ0n) is 12.3. The van der Waals surface area contributed by atoms with Crippen molar-refractivity contribution in [3.63, 3.8) is 0 Å². The van der Waals surface area contributed by atoms with Gasteiger partial charge in [-0.2, -0.15) is 5.10 Å². The molecule has 1 atom stereocenters. The lowest BCUT2D eigenvalue weighted by atomic mass is 10.1. The maximum atomic E-state index is 12.3. The summed E-state index contributed by atoms with van der Waals surface area (Å²) in [6.45, 7) is 1.64. The summed E-state index contributed by atoms with van der Waals surface area (Å²) in [6, 6.07) is 8.86. The first-order valence-corrected chi connectivity index (χ1v) is 6.89. The molecule has 1 aliphatic heterocycles. The number of nitrogens with one attached hydrogen (secondary N) is 1. The van der Waals surface area contributed by atoms with Gasteiger partial charge in [-0.15, -0.1) is 0 Å². The van der Waals surface area contributed by atoms with E-state index in [9.17, 15) is 9.59 Å². The molecule has 114 valence electrons. The third-order valence-electron chi connectivity index (χ3n) is 3.41. The summed E-state index contributed by atoms with van der Waals surface area (Å²) in [5.74, 6) is 0.500. The van der Waals surface area contributed by atoms with E-state index in [1.807, 2.05) is 6.07 Å². The van der Waals surface area contributed by atoms with E-state index in [1.165, 1.54) is 6.92 Å². The molecule has 3 rings (SSSR count). The van der Waals surface area contributed by atoms with Crippen molar-refractivity contribution >= 4 is 23.3 Å². The van der Waals surface area contributed by atoms with E-state index >= 15 is 0 Å². The number of hydrogen-bond donors (Lipinski definition) is 1. The zero-order chi connectivity index (χ0) is 15.7. The minimum Gasteiger partial charge on any atom is -0.476 e. The van der Waals surface area contributed by atoms with Crippen LogP contribution in [0.25, 0.3) is 0 Å². The van der Waals surface area contributed by atoms with Gasteiger partial charge in [-0.25, -0.2) is 0 Å². The van der Waals surface area contributed by atoms with E-state index in [0.717, 1.165) is 0 Å². The minimum absolute atomic E-state index is 0.133. The Morgan fingerprint density at radius 2 is 2.09 bits per heavy atom. The highest BCUT2D eigenvalue weighted by molar-refractivity contribution is 5.99. The quantitative estimate of drug-likeness (QED) is 0.903. The molecule has 0 spiro atoms. The fourth-order valence-electron chi connectivity index (χ4n) is 2.36. The number of hydrogen-bond acceptors (Lipinski definition) is 4. The molecule has 2 aromatic rings. The van der Waals surface area contributed by atoms with Crippen molar-refractivity contribution in [2.75, 3.05) is 16.8 Å². The second kappa shape index (κ2) is 5.51. The zero-order valence-corrected chi connectivity index (χ0v) is 12.3. The second-order valence-corrected chi connectivity index (χ2v) is 5.07. The Labute approximate surface area is 127 Å². The minimum atomic E-state index is -0.777. The van der Waals surface area contributed by atoms with Crippen LogP contribution in [-0.2, 0) is 16.6 Å². The predicted octanol–water partition coefficient (Wildman–Crippen LogP) is 1.17. The lowest BCUT2D eigenvalue weighted by Gasteiger charge is -2.33. The highest BCUT2D eigenvalue weighted by Crippen LogP contribution is 2.33. The van der Waals surface area contributed by atoms with E-state index in [0.29, 0.717) is 17.3 Å². The summed E-state index contributed by atoms with van der Waals surface area (Å²) in [5.41, 5.74) is 0.678. The highest BCUT2D eigenvalue weighted by atomic mass is 16.5. The van der Waals surface area contributed by atoms with Crippen molar-refractivity contribution in [1.82, 2.24) is 9.78 Å². The second-order valence-electron chi connectivity index (χ2n) is 5.07. The molecule has 0 unspecified atom stereocenters. The summed E-state index contributed by atoms with van der Waals surface area (Å²) >= 11 is 0. The summed E-state index contributed by atoms with van der Waals surface area (Å²) in [5, 5.41) is 6.78. The number of aryl methyl sites for hydroxylation is 1. The van der Waals surface area contributed by atoms with Crippen LogP contribution in [0.1, 0.15) is 6.92 Å². The fourth-order valence-corrected chi connectivity index (χ4v) is 2.36. The molecule has 0 saturated carbocycles. The van der Waals surface area contributed by atoms with E-state index < -0.39 is 6.10 Å². The molecule has 0 bridgehead atoms. The van der Waals surface area contributed by atoms with Gasteiger partial charge in [0.2, 0.25) is 5.91 Å². The number of carbonyl (C=O) groups excluding carboxylic acids is 2. The number of anilines is 2. The average molecular weight is 300 g/mol. The monoisotopic (exact) mass is 300 g/mol. The Balaban J connectivity index is 1.81. The average Bonchev–Trinajstić information content (AvgIpc) is 2.91. The van der Waals surface area contributed by atoms with Gasteiger partial charge in [0.25, 0.3) is 5.91 Å². The van der Waals surface area contributed by atoms with Gasteiger partial charge in [-0.3, -0.25) is 14.3 Å². The van der Waals surface area contributed by atoms with Gasteiger partial charge in [-0.05, 0) is 12.1 Å². The van der Waals surface area contributed by atoms with E-state index in [2.05, 4.69) is 10.4 Å². The van der Waals surface area contributed by atoms with Gasteiger partial charge in [0.15, 0.2) is 11.9 Å². The number of rotatable bonds is 2. The van der Waals surface area contributed by atoms with Crippen LogP contribution < -0.4 is 15.0 Å². The van der Waals surface area contributed by atoms with E-state index in [4.69, 9.17) is 4.74 Å². The topological polar surface area (TPSA) is 76.5 Å². The highest BCUT2D eigenvalue weighted by Gasteiger charge is 2.32. The van der Waals surface area contributed by atoms with Crippen molar-refractivity contribution < 1.29 is 14.3 Å². The number of carbonyl (C=O) groups is 2. The smallest absolute Gasteiger partial charge is 0.268 e. The van der Waals surface area contributed by atoms with Crippen molar-refractivity contribution in [3.8, 4) is 5.75 Å². The molecule has 1 aromatic heterocycles. The maximum absolute atomic E-state index is 12.3. The van der Waals surface area contributed by atoms with Crippen molar-refractivity contribution in [1.29, 1.82) is 0 Å². The van der Waals surface area contributed by atoms with Crippen LogP contribution in [-0.4, -0.2) is 34.2 Å². The first kappa shape index (κ1) is 14.1. The number of aromatic nitrogens is 2. The molecule has 1 aliphatic rings. The van der Waals surface area contributed by atoms with Crippen LogP contribution >= 0.6 is 0 Å². The maximum Gasteiger partial charge on any atom is 0.268 e. The molecular formula is C15H16N4O3. The summed E-state index contributed by atoms with van der Waals surface area (Å²) < 4.78 is 7.30. The Morgan fingerprint density at radius 1 is 1.32 bits per heavy atom. The number of nitrogens with zero attached hydrogens (tertiary/aromatic N) is 3. The van der Waals surface area contributed by atoms with E-state index in [-0.39, 0.29) is 18.4 Å². The van der Waals surface area contributed by atoms with Gasteiger partial charge < -0.3 is 15.0 Å². The van der Waals surface area contributed by atoms with Crippen molar-refractivity contribution in [2.24, 2.45) is 7.05 Å². The third-order valence-corrected chi connectivity index (χ3v) is 3.41. The summed E-state index contributed by atoms with van der Waals surface area (Å²) in [6.07, 6.45) is 0.954. The van der Waals surface area contributed by atoms with Gasteiger partial charge in [0, 0.05) is 26.2 Å². The Hall–Kier alpha value is -2.83. The standard InChI is InChI=1S/C15H16N4O3/c1-10(20)19-9-13(22-12-6-4-3-5-11(12)19)15(21)16-14-7-8-18(2)17-14/h3-8,13H,9H2,1-2H3,(H,16,17,21)/t13-/m1/s1. The lowest BCUT2D eigenvalue weighted by Crippen LogP contribution is -2.48. The van der Waals surface area contributed by atoms with Crippen LogP contribution in [0, 0.1) is 0 Å². The molecule has 1 N–H and O–H groups in total. The van der Waals surface area contributed by atoms with Gasteiger partial charge in [0.1, 0.15) is 5.75 Å². The molecule has 2 heterocycles. The summed E-state index contributed by atoms with van der Waals surface area (Å²) in [4.78, 5) is 25.7. The molecule has 0 fully saturated rings. The fraction of sp³-hybridized carbons (Fsp3) is 0.267. The van der Waals surface area contributed by atoms with Crippen molar-refractivity contribution in [3.05, 3.63) is 36.5 Å². The van der Waals surface area contributed by atoms with Crippen LogP contribution in [0.5, 0.6) is 5.75 Å². The normalized spacial score (nSPS) is 16.6. The largest absolute Gasteiger partial charge is 0.476 e. The number of fused-ring (bicyclic) bond motifs is 1. The third kappa shape index (κ3) is 2.65. The predicted molar refractivity (Wildman–Crippen MR) is 80.7 cm³/mol. The van der Waals surface area contributed by atoms with Gasteiger partial charge in [0.05, 0.1) is 12.2 Å². The van der Waals surface area contributed by atoms with Crippen LogP contribution in [0.2, 0.25) is 0 Å². The van der Waals surface area contributed by atoms with Gasteiger partial charge in [-0.1, -0.05) is 12.1 Å². The first-order chi connectivity index (χ1) is 10.5. The van der Waals surface area contributed by atoms with Crippen LogP contribution in [0.3, 0.4) is 0 Å². The number of ether oxygens (including phenoxy) is 1. The first-order valence-electron chi connectivity index (χ1n) is 6.89. The van der Waals surface area contributed by atoms with Crippen molar-refractivity contribution in [2.45, 2.75) is 13.0 Å². The Morgan fingerprint density at radius 3 is 2.77 bits per heavy atom. The van der Waals surface area contributed by atoms with E-state index in [1.54, 1.807) is 47.1 Å². The molecule has 7 nitrogen and oxygen atoms in total. The number of benzene rings is 1. The molecule has 0 radical (unpaired) electrons. The molecule has 22 heavy (non-hydrogen) atoms. The van der Waals surface area contributed by atoms with Gasteiger partial charge >= 0.3 is 0 Å². The summed E-state index contributed by atoms with van der Waals surface area (Å²) in [7, 11) is 1.76. The SMILES string of the molecule is CC(=O)N1C[C@H](C(=O)Nc2ccn(C)n2)Oc2ccccc21. The molecule has 2 amide bonds. The number of para-hydroxylation sites is 2. The molecule has 0 saturated heterocycles. The number of amides is 2. The Kier molecular flexibility index (Phi) is 3.54. The molecule has 1 aromatic carbocycles. The molecule has 0 aliphatic carbocycles. The lowest BCUT2D eigenvalue weighted by molar-refractivity contribution is -0.123. The Bertz CT molecular complexity index is 725. The molecular weight excluding hydrogens is 284 g/mol. The van der Waals surface area contributed by atoms with Crippen LogP contribution in [0.15, 0.2) is 36.5 Å². The molecule has 7 heteroatoms. The van der Waals surface area contributed by atoms with Crippen LogP contribution in [0.4, 0.5) is 11.5 Å².